The SMILES string of the molecule is CCNc1cccc(Sc2ccc(Cl)cc2)n1. The Labute approximate surface area is 110 Å². The highest BCUT2D eigenvalue weighted by molar-refractivity contribution is 7.99. The fraction of sp³-hybridized carbons (Fsp3) is 0.154. The van der Waals surface area contributed by atoms with E-state index in [0.717, 1.165) is 27.3 Å². The molecule has 2 rings (SSSR count). The quantitative estimate of drug-likeness (QED) is 0.890. The first-order chi connectivity index (χ1) is 8.28. The van der Waals surface area contributed by atoms with Crippen LogP contribution in [0.5, 0.6) is 0 Å². The zero-order valence-electron chi connectivity index (χ0n) is 9.48. The molecule has 0 fully saturated rings. The predicted octanol–water partition coefficient (Wildman–Crippen LogP) is 4.32. The number of halogens is 1. The highest BCUT2D eigenvalue weighted by atomic mass is 35.5. The van der Waals surface area contributed by atoms with Crippen LogP contribution >= 0.6 is 23.4 Å². The fourth-order valence-electron chi connectivity index (χ4n) is 1.37. The number of hydrogen-bond donors (Lipinski definition) is 1. The Bertz CT molecular complexity index is 485. The van der Waals surface area contributed by atoms with Crippen LogP contribution in [0.1, 0.15) is 6.92 Å². The van der Waals surface area contributed by atoms with Crippen molar-refractivity contribution in [1.29, 1.82) is 0 Å². The van der Waals surface area contributed by atoms with Crippen molar-refractivity contribution in [3.05, 3.63) is 47.5 Å². The van der Waals surface area contributed by atoms with Crippen molar-refractivity contribution in [2.75, 3.05) is 11.9 Å². The van der Waals surface area contributed by atoms with E-state index in [1.165, 1.54) is 0 Å². The minimum Gasteiger partial charge on any atom is -0.370 e. The molecule has 1 aromatic carbocycles. The van der Waals surface area contributed by atoms with E-state index in [1.807, 2.05) is 42.5 Å². The molecule has 0 aliphatic carbocycles. The average molecular weight is 265 g/mol. The minimum atomic E-state index is 0.753. The molecule has 2 aromatic rings. The molecule has 1 aromatic heterocycles. The first kappa shape index (κ1) is 12.3. The molecule has 0 unspecified atom stereocenters. The molecule has 0 saturated heterocycles. The molecule has 17 heavy (non-hydrogen) atoms. The lowest BCUT2D eigenvalue weighted by atomic mass is 10.4. The fourth-order valence-corrected chi connectivity index (χ4v) is 2.30. The van der Waals surface area contributed by atoms with Crippen LogP contribution in [0.3, 0.4) is 0 Å². The van der Waals surface area contributed by atoms with E-state index in [4.69, 9.17) is 11.6 Å². The van der Waals surface area contributed by atoms with Crippen molar-refractivity contribution in [2.24, 2.45) is 0 Å². The molecule has 0 atom stereocenters. The summed E-state index contributed by atoms with van der Waals surface area (Å²) in [4.78, 5) is 5.63. The second-order valence-corrected chi connectivity index (χ2v) is 4.98. The van der Waals surface area contributed by atoms with Gasteiger partial charge in [0.2, 0.25) is 0 Å². The van der Waals surface area contributed by atoms with E-state index in [0.29, 0.717) is 0 Å². The van der Waals surface area contributed by atoms with E-state index >= 15 is 0 Å². The van der Waals surface area contributed by atoms with Crippen LogP contribution in [-0.2, 0) is 0 Å². The van der Waals surface area contributed by atoms with E-state index in [2.05, 4.69) is 17.2 Å². The van der Waals surface area contributed by atoms with E-state index in [1.54, 1.807) is 11.8 Å². The number of nitrogens with one attached hydrogen (secondary N) is 1. The Kier molecular flexibility index (Phi) is 4.29. The Hall–Kier alpha value is -1.19. The molecule has 2 nitrogen and oxygen atoms in total. The van der Waals surface area contributed by atoms with Crippen LogP contribution in [0.25, 0.3) is 0 Å². The third kappa shape index (κ3) is 3.65. The Morgan fingerprint density at radius 3 is 2.65 bits per heavy atom. The van der Waals surface area contributed by atoms with Crippen molar-refractivity contribution in [3.8, 4) is 0 Å². The molecule has 0 radical (unpaired) electrons. The maximum Gasteiger partial charge on any atom is 0.127 e. The van der Waals surface area contributed by atoms with Crippen LogP contribution < -0.4 is 5.32 Å². The van der Waals surface area contributed by atoms with Crippen molar-refractivity contribution < 1.29 is 0 Å². The topological polar surface area (TPSA) is 24.9 Å². The molecular weight excluding hydrogens is 252 g/mol. The van der Waals surface area contributed by atoms with Gasteiger partial charge in [0, 0.05) is 16.5 Å². The molecule has 0 saturated carbocycles. The van der Waals surface area contributed by atoms with Crippen LogP contribution in [0.2, 0.25) is 5.02 Å². The van der Waals surface area contributed by atoms with Gasteiger partial charge in [-0.3, -0.25) is 0 Å². The second kappa shape index (κ2) is 5.94. The van der Waals surface area contributed by atoms with Gasteiger partial charge in [-0.1, -0.05) is 29.4 Å². The second-order valence-electron chi connectivity index (χ2n) is 3.45. The first-order valence-corrected chi connectivity index (χ1v) is 6.61. The van der Waals surface area contributed by atoms with E-state index in [9.17, 15) is 0 Å². The molecule has 0 bridgehead atoms. The number of pyridine rings is 1. The Morgan fingerprint density at radius 2 is 1.94 bits per heavy atom. The first-order valence-electron chi connectivity index (χ1n) is 5.42. The van der Waals surface area contributed by atoms with Gasteiger partial charge < -0.3 is 5.32 Å². The maximum absolute atomic E-state index is 5.85. The summed E-state index contributed by atoms with van der Waals surface area (Å²) in [6.07, 6.45) is 0. The molecule has 0 aliphatic heterocycles. The third-order valence-corrected chi connectivity index (χ3v) is 3.31. The van der Waals surface area contributed by atoms with Crippen molar-refractivity contribution in [3.63, 3.8) is 0 Å². The van der Waals surface area contributed by atoms with Gasteiger partial charge in [0.15, 0.2) is 0 Å². The lowest BCUT2D eigenvalue weighted by molar-refractivity contribution is 1.08. The zero-order valence-corrected chi connectivity index (χ0v) is 11.1. The van der Waals surface area contributed by atoms with Gasteiger partial charge in [-0.2, -0.15) is 0 Å². The molecule has 1 heterocycles. The molecule has 0 aliphatic rings. The molecule has 0 spiro atoms. The summed E-state index contributed by atoms with van der Waals surface area (Å²) < 4.78 is 0. The number of rotatable bonds is 4. The van der Waals surface area contributed by atoms with Crippen LogP contribution in [-0.4, -0.2) is 11.5 Å². The molecule has 0 amide bonds. The smallest absolute Gasteiger partial charge is 0.127 e. The Morgan fingerprint density at radius 1 is 1.18 bits per heavy atom. The van der Waals surface area contributed by atoms with Gasteiger partial charge in [0.05, 0.1) is 0 Å². The Balaban J connectivity index is 2.12. The van der Waals surface area contributed by atoms with Gasteiger partial charge in [-0.15, -0.1) is 0 Å². The number of anilines is 1. The number of aromatic nitrogens is 1. The number of benzene rings is 1. The molecular formula is C13H13ClN2S. The largest absolute Gasteiger partial charge is 0.370 e. The summed E-state index contributed by atoms with van der Waals surface area (Å²) in [7, 11) is 0. The lowest BCUT2D eigenvalue weighted by Crippen LogP contribution is -1.98. The maximum atomic E-state index is 5.85. The van der Waals surface area contributed by atoms with Crippen molar-refractivity contribution >= 4 is 29.2 Å². The highest BCUT2D eigenvalue weighted by Crippen LogP contribution is 2.27. The average Bonchev–Trinajstić information content (AvgIpc) is 2.33. The van der Waals surface area contributed by atoms with Crippen LogP contribution in [0.4, 0.5) is 5.82 Å². The van der Waals surface area contributed by atoms with Crippen LogP contribution in [0.15, 0.2) is 52.4 Å². The molecule has 1 N–H and O–H groups in total. The lowest BCUT2D eigenvalue weighted by Gasteiger charge is -2.05. The van der Waals surface area contributed by atoms with E-state index in [-0.39, 0.29) is 0 Å². The summed E-state index contributed by atoms with van der Waals surface area (Å²) in [6, 6.07) is 13.7. The normalized spacial score (nSPS) is 10.2. The van der Waals surface area contributed by atoms with Gasteiger partial charge in [0.1, 0.15) is 10.8 Å². The summed E-state index contributed by atoms with van der Waals surface area (Å²) in [5.74, 6) is 0.909. The van der Waals surface area contributed by atoms with Gasteiger partial charge in [0.25, 0.3) is 0 Å². The van der Waals surface area contributed by atoms with Gasteiger partial charge in [-0.05, 0) is 43.3 Å². The standard InChI is InChI=1S/C13H13ClN2S/c1-2-15-12-4-3-5-13(16-12)17-11-8-6-10(14)7-9-11/h3-9H,2H2,1H3,(H,15,16). The minimum absolute atomic E-state index is 0.753. The zero-order chi connectivity index (χ0) is 12.1. The summed E-state index contributed by atoms with van der Waals surface area (Å²) in [5, 5.41) is 4.93. The number of nitrogens with zero attached hydrogens (tertiary/aromatic N) is 1. The summed E-state index contributed by atoms with van der Waals surface area (Å²) in [6.45, 7) is 2.93. The van der Waals surface area contributed by atoms with Crippen molar-refractivity contribution in [2.45, 2.75) is 16.8 Å². The third-order valence-electron chi connectivity index (χ3n) is 2.12. The predicted molar refractivity (Wildman–Crippen MR) is 74.0 cm³/mol. The van der Waals surface area contributed by atoms with Crippen LogP contribution in [0, 0.1) is 0 Å². The molecule has 88 valence electrons. The summed E-state index contributed by atoms with van der Waals surface area (Å²) in [5.41, 5.74) is 0. The number of hydrogen-bond acceptors (Lipinski definition) is 3. The van der Waals surface area contributed by atoms with E-state index < -0.39 is 0 Å². The highest BCUT2D eigenvalue weighted by Gasteiger charge is 2.00. The molecule has 4 heteroatoms. The van der Waals surface area contributed by atoms with Gasteiger partial charge >= 0.3 is 0 Å². The van der Waals surface area contributed by atoms with Crippen molar-refractivity contribution in [1.82, 2.24) is 4.98 Å². The summed E-state index contributed by atoms with van der Waals surface area (Å²) >= 11 is 7.47. The monoisotopic (exact) mass is 264 g/mol. The van der Waals surface area contributed by atoms with Gasteiger partial charge in [-0.25, -0.2) is 4.98 Å².